The topological polar surface area (TPSA) is 26.3 Å². The van der Waals surface area contributed by atoms with Gasteiger partial charge < -0.3 is 4.74 Å². The van der Waals surface area contributed by atoms with Gasteiger partial charge in [-0.3, -0.25) is 4.79 Å². The van der Waals surface area contributed by atoms with E-state index in [0.717, 1.165) is 6.42 Å². The maximum atomic E-state index is 10.5. The standard InChI is InChI=1S/C17H32O2/c1-3-4-5-6-7-8-9-10-11-12-13-14-15-16-19-17(2)18/h8-9H,3-7,10-16H2,1-2H3/b9-8+. The Kier molecular flexibility index (Phi) is 14.6. The number of allylic oxidation sites excluding steroid dienone is 2. The Morgan fingerprint density at radius 1 is 0.842 bits per heavy atom. The summed E-state index contributed by atoms with van der Waals surface area (Å²) >= 11 is 0. The molecule has 0 aliphatic rings. The first-order valence-electron chi connectivity index (χ1n) is 8.05. The van der Waals surface area contributed by atoms with Crippen LogP contribution in [-0.4, -0.2) is 12.6 Å². The fraction of sp³-hybridized carbons (Fsp3) is 0.824. The van der Waals surface area contributed by atoms with E-state index in [1.165, 1.54) is 71.1 Å². The van der Waals surface area contributed by atoms with E-state index in [-0.39, 0.29) is 5.97 Å². The largest absolute Gasteiger partial charge is 0.466 e. The third kappa shape index (κ3) is 17.2. The van der Waals surface area contributed by atoms with Crippen LogP contribution < -0.4 is 0 Å². The minimum atomic E-state index is -0.163. The first-order valence-corrected chi connectivity index (χ1v) is 8.05. The van der Waals surface area contributed by atoms with Crippen LogP contribution in [0.25, 0.3) is 0 Å². The van der Waals surface area contributed by atoms with E-state index in [0.29, 0.717) is 6.61 Å². The van der Waals surface area contributed by atoms with Crippen LogP contribution in [0.1, 0.15) is 84.5 Å². The number of carbonyl (C=O) groups excluding carboxylic acids is 1. The molecule has 0 aromatic rings. The number of rotatable bonds is 13. The second kappa shape index (κ2) is 15.3. The highest BCUT2D eigenvalue weighted by Gasteiger charge is 1.93. The van der Waals surface area contributed by atoms with Crippen LogP contribution in [0.15, 0.2) is 12.2 Å². The summed E-state index contributed by atoms with van der Waals surface area (Å²) in [6.07, 6.45) is 18.6. The lowest BCUT2D eigenvalue weighted by Crippen LogP contribution is -1.99. The molecule has 0 atom stereocenters. The summed E-state index contributed by atoms with van der Waals surface area (Å²) in [5, 5.41) is 0. The van der Waals surface area contributed by atoms with Crippen molar-refractivity contribution in [3.63, 3.8) is 0 Å². The molecule has 0 spiro atoms. The molecule has 0 saturated carbocycles. The van der Waals surface area contributed by atoms with Crippen LogP contribution in [0.5, 0.6) is 0 Å². The first-order chi connectivity index (χ1) is 9.27. The van der Waals surface area contributed by atoms with Gasteiger partial charge in [-0.25, -0.2) is 0 Å². The van der Waals surface area contributed by atoms with Crippen molar-refractivity contribution in [2.45, 2.75) is 84.5 Å². The molecule has 112 valence electrons. The van der Waals surface area contributed by atoms with Gasteiger partial charge in [-0.2, -0.15) is 0 Å². The maximum Gasteiger partial charge on any atom is 0.302 e. The van der Waals surface area contributed by atoms with Gasteiger partial charge in [-0.15, -0.1) is 0 Å². The molecule has 2 nitrogen and oxygen atoms in total. The maximum absolute atomic E-state index is 10.5. The lowest BCUT2D eigenvalue weighted by Gasteiger charge is -2.01. The lowest BCUT2D eigenvalue weighted by atomic mass is 10.1. The highest BCUT2D eigenvalue weighted by molar-refractivity contribution is 5.65. The van der Waals surface area contributed by atoms with E-state index in [4.69, 9.17) is 4.74 Å². The molecule has 0 fully saturated rings. The van der Waals surface area contributed by atoms with Crippen molar-refractivity contribution in [3.05, 3.63) is 12.2 Å². The van der Waals surface area contributed by atoms with Gasteiger partial charge in [0.05, 0.1) is 6.61 Å². The van der Waals surface area contributed by atoms with Crippen molar-refractivity contribution in [3.8, 4) is 0 Å². The summed E-state index contributed by atoms with van der Waals surface area (Å²) in [5.74, 6) is -0.163. The predicted molar refractivity (Wildman–Crippen MR) is 82.2 cm³/mol. The Bertz CT molecular complexity index is 221. The molecule has 0 N–H and O–H groups in total. The molecule has 0 unspecified atom stereocenters. The average Bonchev–Trinajstić information content (AvgIpc) is 2.39. The Labute approximate surface area is 119 Å². The van der Waals surface area contributed by atoms with E-state index >= 15 is 0 Å². The minimum Gasteiger partial charge on any atom is -0.466 e. The Balaban J connectivity index is 3.05. The number of hydrogen-bond acceptors (Lipinski definition) is 2. The zero-order valence-electron chi connectivity index (χ0n) is 13.0. The smallest absolute Gasteiger partial charge is 0.302 e. The minimum absolute atomic E-state index is 0.163. The number of unbranched alkanes of at least 4 members (excludes halogenated alkanes) is 9. The first kappa shape index (κ1) is 18.2. The molecule has 2 heteroatoms. The van der Waals surface area contributed by atoms with Crippen LogP contribution >= 0.6 is 0 Å². The predicted octanol–water partition coefficient (Wildman–Crippen LogP) is 5.42. The molecule has 0 rings (SSSR count). The van der Waals surface area contributed by atoms with E-state index in [2.05, 4.69) is 19.1 Å². The second-order valence-corrected chi connectivity index (χ2v) is 5.22. The van der Waals surface area contributed by atoms with Crippen molar-refractivity contribution < 1.29 is 9.53 Å². The molecule has 0 radical (unpaired) electrons. The zero-order chi connectivity index (χ0) is 14.2. The van der Waals surface area contributed by atoms with Gasteiger partial charge in [0, 0.05) is 6.92 Å². The van der Waals surface area contributed by atoms with Gasteiger partial charge in [0.15, 0.2) is 0 Å². The second-order valence-electron chi connectivity index (χ2n) is 5.22. The fourth-order valence-electron chi connectivity index (χ4n) is 2.04. The molecule has 19 heavy (non-hydrogen) atoms. The normalized spacial score (nSPS) is 11.1. The molecule has 0 amide bonds. The molecule has 0 saturated heterocycles. The quantitative estimate of drug-likeness (QED) is 0.253. The van der Waals surface area contributed by atoms with Crippen LogP contribution in [0.3, 0.4) is 0 Å². The molecule has 0 bridgehead atoms. The number of esters is 1. The molecular weight excluding hydrogens is 236 g/mol. The molecule has 0 aromatic carbocycles. The van der Waals surface area contributed by atoms with E-state index in [1.54, 1.807) is 0 Å². The Hall–Kier alpha value is -0.790. The zero-order valence-corrected chi connectivity index (χ0v) is 13.0. The fourth-order valence-corrected chi connectivity index (χ4v) is 2.04. The Morgan fingerprint density at radius 2 is 1.37 bits per heavy atom. The Morgan fingerprint density at radius 3 is 1.95 bits per heavy atom. The molecule has 0 aromatic heterocycles. The van der Waals surface area contributed by atoms with Gasteiger partial charge in [-0.1, -0.05) is 57.6 Å². The number of carbonyl (C=O) groups is 1. The molecule has 0 aliphatic carbocycles. The van der Waals surface area contributed by atoms with Crippen molar-refractivity contribution in [1.82, 2.24) is 0 Å². The molecular formula is C17H32O2. The van der Waals surface area contributed by atoms with Gasteiger partial charge in [0.25, 0.3) is 0 Å². The van der Waals surface area contributed by atoms with E-state index in [1.807, 2.05) is 0 Å². The summed E-state index contributed by atoms with van der Waals surface area (Å²) in [6, 6.07) is 0. The highest BCUT2D eigenvalue weighted by atomic mass is 16.5. The van der Waals surface area contributed by atoms with Gasteiger partial charge in [0.2, 0.25) is 0 Å². The highest BCUT2D eigenvalue weighted by Crippen LogP contribution is 2.07. The van der Waals surface area contributed by atoms with Crippen LogP contribution in [-0.2, 0) is 9.53 Å². The molecule has 0 heterocycles. The summed E-state index contributed by atoms with van der Waals surface area (Å²) in [6.45, 7) is 4.31. The summed E-state index contributed by atoms with van der Waals surface area (Å²) in [5.41, 5.74) is 0. The van der Waals surface area contributed by atoms with E-state index in [9.17, 15) is 4.79 Å². The van der Waals surface area contributed by atoms with E-state index < -0.39 is 0 Å². The lowest BCUT2D eigenvalue weighted by molar-refractivity contribution is -0.141. The number of ether oxygens (including phenoxy) is 1. The van der Waals surface area contributed by atoms with Crippen molar-refractivity contribution in [1.29, 1.82) is 0 Å². The number of hydrogen-bond donors (Lipinski definition) is 0. The average molecular weight is 268 g/mol. The molecule has 0 aliphatic heterocycles. The van der Waals surface area contributed by atoms with Gasteiger partial charge in [0.1, 0.15) is 0 Å². The third-order valence-electron chi connectivity index (χ3n) is 3.21. The van der Waals surface area contributed by atoms with Crippen molar-refractivity contribution >= 4 is 5.97 Å². The summed E-state index contributed by atoms with van der Waals surface area (Å²) < 4.78 is 4.89. The van der Waals surface area contributed by atoms with Crippen LogP contribution in [0.2, 0.25) is 0 Å². The van der Waals surface area contributed by atoms with Gasteiger partial charge in [-0.05, 0) is 32.1 Å². The van der Waals surface area contributed by atoms with Crippen molar-refractivity contribution in [2.75, 3.05) is 6.61 Å². The van der Waals surface area contributed by atoms with Crippen LogP contribution in [0, 0.1) is 0 Å². The monoisotopic (exact) mass is 268 g/mol. The SMILES string of the molecule is CCCCCC/C=C/CCCCCCCOC(C)=O. The third-order valence-corrected chi connectivity index (χ3v) is 3.21. The van der Waals surface area contributed by atoms with Crippen molar-refractivity contribution in [2.24, 2.45) is 0 Å². The van der Waals surface area contributed by atoms with Crippen LogP contribution in [0.4, 0.5) is 0 Å². The summed E-state index contributed by atoms with van der Waals surface area (Å²) in [4.78, 5) is 10.5. The summed E-state index contributed by atoms with van der Waals surface area (Å²) in [7, 11) is 0. The van der Waals surface area contributed by atoms with Gasteiger partial charge >= 0.3 is 5.97 Å².